The second kappa shape index (κ2) is 5.66. The zero-order chi connectivity index (χ0) is 14.2. The lowest BCUT2D eigenvalue weighted by atomic mass is 9.85. The number of ketones is 1. The minimum Gasteiger partial charge on any atom is -0.368 e. The molecule has 0 bridgehead atoms. The second-order valence-corrected chi connectivity index (χ2v) is 6.84. The van der Waals surface area contributed by atoms with E-state index in [9.17, 15) is 4.79 Å². The molecule has 0 aliphatic carbocycles. The summed E-state index contributed by atoms with van der Waals surface area (Å²) in [6, 6.07) is 6.43. The van der Waals surface area contributed by atoms with Gasteiger partial charge in [-0.2, -0.15) is 0 Å². The Morgan fingerprint density at radius 1 is 1.32 bits per heavy atom. The molecule has 0 N–H and O–H groups in total. The number of carbonyl (C=O) groups excluding carboxylic acids is 1. The summed E-state index contributed by atoms with van der Waals surface area (Å²) in [5.74, 6) is 1.47. The summed E-state index contributed by atoms with van der Waals surface area (Å²) in [5, 5.41) is 0. The van der Waals surface area contributed by atoms with Gasteiger partial charge in [0.1, 0.15) is 0 Å². The Morgan fingerprint density at radius 2 is 2.00 bits per heavy atom. The third-order valence-electron chi connectivity index (χ3n) is 4.25. The highest BCUT2D eigenvalue weighted by molar-refractivity contribution is 9.10. The lowest BCUT2D eigenvalue weighted by Crippen LogP contribution is -2.46. The number of anilines is 1. The minimum atomic E-state index is 0.139. The fourth-order valence-electron chi connectivity index (χ4n) is 3.07. The molecule has 104 valence electrons. The average Bonchev–Trinajstić information content (AvgIpc) is 2.33. The van der Waals surface area contributed by atoms with Crippen LogP contribution in [0.4, 0.5) is 5.69 Å². The fraction of sp³-hybridized carbons (Fsp3) is 0.562. The van der Waals surface area contributed by atoms with E-state index in [1.54, 1.807) is 6.92 Å². The van der Waals surface area contributed by atoms with Gasteiger partial charge in [0.15, 0.2) is 5.78 Å². The first-order valence-corrected chi connectivity index (χ1v) is 7.76. The number of piperidine rings is 1. The molecular weight excluding hydrogens is 302 g/mol. The van der Waals surface area contributed by atoms with Gasteiger partial charge in [-0.3, -0.25) is 4.79 Å². The summed E-state index contributed by atoms with van der Waals surface area (Å²) in [4.78, 5) is 14.3. The van der Waals surface area contributed by atoms with Gasteiger partial charge in [0.25, 0.3) is 0 Å². The number of benzene rings is 1. The Kier molecular flexibility index (Phi) is 4.34. The van der Waals surface area contributed by atoms with Crippen LogP contribution in [0.3, 0.4) is 0 Å². The first-order chi connectivity index (χ1) is 8.90. The van der Waals surface area contributed by atoms with Gasteiger partial charge in [0.2, 0.25) is 0 Å². The second-order valence-electron chi connectivity index (χ2n) is 5.93. The monoisotopic (exact) mass is 323 g/mol. The number of nitrogens with zero attached hydrogens (tertiary/aromatic N) is 1. The molecule has 1 aromatic rings. The highest BCUT2D eigenvalue weighted by atomic mass is 79.9. The largest absolute Gasteiger partial charge is 0.368 e. The van der Waals surface area contributed by atoms with Crippen molar-refractivity contribution in [2.75, 3.05) is 11.4 Å². The van der Waals surface area contributed by atoms with Gasteiger partial charge in [-0.05, 0) is 50.3 Å². The maximum atomic E-state index is 11.8. The van der Waals surface area contributed by atoms with Crippen LogP contribution in [-0.4, -0.2) is 18.4 Å². The summed E-state index contributed by atoms with van der Waals surface area (Å²) < 4.78 is 1.03. The van der Waals surface area contributed by atoms with Crippen LogP contribution in [0.2, 0.25) is 0 Å². The number of Topliss-reactive ketones (excluding diaryl/α,β-unsaturated/α-hetero) is 1. The smallest absolute Gasteiger partial charge is 0.161 e. The predicted octanol–water partition coefficient (Wildman–Crippen LogP) is 4.52. The molecule has 1 aliphatic heterocycles. The van der Waals surface area contributed by atoms with Crippen molar-refractivity contribution in [3.8, 4) is 0 Å². The van der Waals surface area contributed by atoms with E-state index in [-0.39, 0.29) is 5.78 Å². The van der Waals surface area contributed by atoms with Crippen molar-refractivity contribution in [3.63, 3.8) is 0 Å². The summed E-state index contributed by atoms with van der Waals surface area (Å²) in [6.07, 6.45) is 1.26. The van der Waals surface area contributed by atoms with E-state index in [4.69, 9.17) is 0 Å². The Labute approximate surface area is 124 Å². The van der Waals surface area contributed by atoms with Crippen molar-refractivity contribution >= 4 is 27.4 Å². The molecule has 2 rings (SSSR count). The van der Waals surface area contributed by atoms with Gasteiger partial charge in [-0.25, -0.2) is 0 Å². The van der Waals surface area contributed by atoms with E-state index in [0.717, 1.165) is 22.3 Å². The molecule has 19 heavy (non-hydrogen) atoms. The molecule has 1 saturated heterocycles. The molecule has 1 aliphatic rings. The average molecular weight is 324 g/mol. The maximum absolute atomic E-state index is 11.8. The van der Waals surface area contributed by atoms with Crippen LogP contribution in [0.1, 0.15) is 44.5 Å². The number of rotatable bonds is 2. The van der Waals surface area contributed by atoms with Crippen LogP contribution >= 0.6 is 15.9 Å². The molecule has 3 heteroatoms. The van der Waals surface area contributed by atoms with Crippen LogP contribution in [0.15, 0.2) is 22.7 Å². The maximum Gasteiger partial charge on any atom is 0.161 e. The van der Waals surface area contributed by atoms with Crippen LogP contribution < -0.4 is 4.90 Å². The summed E-state index contributed by atoms with van der Waals surface area (Å²) in [5.41, 5.74) is 1.91. The van der Waals surface area contributed by atoms with Crippen molar-refractivity contribution in [3.05, 3.63) is 28.2 Å². The summed E-state index contributed by atoms with van der Waals surface area (Å²) >= 11 is 3.52. The number of hydrogen-bond acceptors (Lipinski definition) is 2. The third-order valence-corrected chi connectivity index (χ3v) is 4.74. The fourth-order valence-corrected chi connectivity index (χ4v) is 3.42. The van der Waals surface area contributed by atoms with Gasteiger partial charge < -0.3 is 4.90 Å². The van der Waals surface area contributed by atoms with E-state index in [1.807, 2.05) is 12.1 Å². The Balaban J connectivity index is 2.44. The van der Waals surface area contributed by atoms with E-state index in [0.29, 0.717) is 17.9 Å². The first-order valence-electron chi connectivity index (χ1n) is 6.97. The molecule has 0 amide bonds. The van der Waals surface area contributed by atoms with Crippen LogP contribution in [0, 0.1) is 11.8 Å². The quantitative estimate of drug-likeness (QED) is 0.745. The summed E-state index contributed by atoms with van der Waals surface area (Å²) in [6.45, 7) is 9.54. The molecule has 0 saturated carbocycles. The minimum absolute atomic E-state index is 0.139. The molecular formula is C16H22BrNO. The van der Waals surface area contributed by atoms with Crippen molar-refractivity contribution in [2.24, 2.45) is 11.8 Å². The molecule has 0 spiro atoms. The lowest BCUT2D eigenvalue weighted by Gasteiger charge is -2.43. The number of halogens is 1. The Bertz CT molecular complexity index is 486. The lowest BCUT2D eigenvalue weighted by molar-refractivity contribution is 0.101. The molecule has 3 atom stereocenters. The van der Waals surface area contributed by atoms with E-state index in [2.05, 4.69) is 47.7 Å². The summed E-state index contributed by atoms with van der Waals surface area (Å²) in [7, 11) is 0. The number of hydrogen-bond donors (Lipinski definition) is 0. The van der Waals surface area contributed by atoms with E-state index in [1.165, 1.54) is 6.42 Å². The van der Waals surface area contributed by atoms with Crippen LogP contribution in [-0.2, 0) is 0 Å². The van der Waals surface area contributed by atoms with Gasteiger partial charge in [0, 0.05) is 28.3 Å². The van der Waals surface area contributed by atoms with E-state index >= 15 is 0 Å². The molecule has 2 nitrogen and oxygen atoms in total. The number of carbonyl (C=O) groups is 1. The standard InChI is InChI=1S/C16H22BrNO/c1-10-7-11(2)12(3)18(9-10)16-8-14(17)5-6-15(16)13(4)19/h5-6,8,10-12H,7,9H2,1-4H3. The Morgan fingerprint density at radius 3 is 2.63 bits per heavy atom. The molecule has 0 aromatic heterocycles. The molecule has 1 heterocycles. The normalized spacial score (nSPS) is 27.4. The first kappa shape index (κ1) is 14.6. The van der Waals surface area contributed by atoms with Gasteiger partial charge in [-0.15, -0.1) is 0 Å². The highest BCUT2D eigenvalue weighted by Crippen LogP contribution is 2.34. The van der Waals surface area contributed by atoms with Crippen molar-refractivity contribution in [1.29, 1.82) is 0 Å². The zero-order valence-corrected chi connectivity index (χ0v) is 13.7. The Hall–Kier alpha value is -0.830. The molecule has 3 unspecified atom stereocenters. The molecule has 0 radical (unpaired) electrons. The van der Waals surface area contributed by atoms with Crippen molar-refractivity contribution in [2.45, 2.75) is 40.2 Å². The van der Waals surface area contributed by atoms with Crippen molar-refractivity contribution in [1.82, 2.24) is 0 Å². The van der Waals surface area contributed by atoms with Crippen LogP contribution in [0.25, 0.3) is 0 Å². The zero-order valence-electron chi connectivity index (χ0n) is 12.1. The van der Waals surface area contributed by atoms with E-state index < -0.39 is 0 Å². The molecule has 1 aromatic carbocycles. The predicted molar refractivity (Wildman–Crippen MR) is 83.9 cm³/mol. The SMILES string of the molecule is CC(=O)c1ccc(Br)cc1N1CC(C)CC(C)C1C. The van der Waals surface area contributed by atoms with Crippen molar-refractivity contribution < 1.29 is 4.79 Å². The molecule has 1 fully saturated rings. The van der Waals surface area contributed by atoms with Crippen LogP contribution in [0.5, 0.6) is 0 Å². The van der Waals surface area contributed by atoms with Gasteiger partial charge in [-0.1, -0.05) is 29.8 Å². The topological polar surface area (TPSA) is 20.3 Å². The highest BCUT2D eigenvalue weighted by Gasteiger charge is 2.30. The van der Waals surface area contributed by atoms with Gasteiger partial charge in [0.05, 0.1) is 0 Å². The van der Waals surface area contributed by atoms with Gasteiger partial charge >= 0.3 is 0 Å². The third kappa shape index (κ3) is 3.02.